The summed E-state index contributed by atoms with van der Waals surface area (Å²) in [5, 5.41) is 7.15. The predicted molar refractivity (Wildman–Crippen MR) is 94.2 cm³/mol. The van der Waals surface area contributed by atoms with Crippen molar-refractivity contribution in [3.05, 3.63) is 71.4 Å². The molecule has 1 N–H and O–H groups in total. The summed E-state index contributed by atoms with van der Waals surface area (Å²) in [6.45, 7) is 3.88. The van der Waals surface area contributed by atoms with Crippen LogP contribution in [0.25, 0.3) is 5.82 Å². The predicted octanol–water partition coefficient (Wildman–Crippen LogP) is 3.59. The zero-order valence-electron chi connectivity index (χ0n) is 14.2. The third kappa shape index (κ3) is 4.09. The molecule has 25 heavy (non-hydrogen) atoms. The molecule has 0 aliphatic heterocycles. The number of benzene rings is 1. The van der Waals surface area contributed by atoms with E-state index in [4.69, 9.17) is 0 Å². The van der Waals surface area contributed by atoms with Crippen LogP contribution in [0.15, 0.2) is 48.7 Å². The van der Waals surface area contributed by atoms with Crippen molar-refractivity contribution in [1.82, 2.24) is 14.8 Å². The SMILES string of the molecule is Cc1cc(C)n(-c2ccc(NC(=O)CCc3ccccc3F)cn2)n1. The number of aromatic nitrogens is 3. The maximum Gasteiger partial charge on any atom is 0.224 e. The summed E-state index contributed by atoms with van der Waals surface area (Å²) in [7, 11) is 0. The van der Waals surface area contributed by atoms with Gasteiger partial charge in [-0.3, -0.25) is 4.79 Å². The molecule has 2 aromatic heterocycles. The van der Waals surface area contributed by atoms with Gasteiger partial charge in [0.15, 0.2) is 5.82 Å². The zero-order chi connectivity index (χ0) is 17.8. The average molecular weight is 338 g/mol. The fraction of sp³-hybridized carbons (Fsp3) is 0.211. The fourth-order valence-electron chi connectivity index (χ4n) is 2.62. The highest BCUT2D eigenvalue weighted by molar-refractivity contribution is 5.90. The zero-order valence-corrected chi connectivity index (χ0v) is 14.2. The molecule has 0 spiro atoms. The van der Waals surface area contributed by atoms with Crippen molar-refractivity contribution in [3.63, 3.8) is 0 Å². The van der Waals surface area contributed by atoms with Gasteiger partial charge in [0.05, 0.1) is 17.6 Å². The third-order valence-corrected chi connectivity index (χ3v) is 3.84. The van der Waals surface area contributed by atoms with Crippen LogP contribution in [0.4, 0.5) is 10.1 Å². The van der Waals surface area contributed by atoms with Crippen molar-refractivity contribution in [2.45, 2.75) is 26.7 Å². The summed E-state index contributed by atoms with van der Waals surface area (Å²) in [5.74, 6) is 0.227. The van der Waals surface area contributed by atoms with Gasteiger partial charge in [-0.25, -0.2) is 14.1 Å². The molecule has 0 radical (unpaired) electrons. The molecule has 0 atom stereocenters. The number of nitrogens with zero attached hydrogens (tertiary/aromatic N) is 3. The van der Waals surface area contributed by atoms with Crippen molar-refractivity contribution in [2.75, 3.05) is 5.32 Å². The highest BCUT2D eigenvalue weighted by Gasteiger charge is 2.08. The monoisotopic (exact) mass is 338 g/mol. The second-order valence-electron chi connectivity index (χ2n) is 5.88. The molecule has 3 rings (SSSR count). The Morgan fingerprint density at radius 3 is 2.64 bits per heavy atom. The first kappa shape index (κ1) is 16.8. The van der Waals surface area contributed by atoms with Crippen LogP contribution in [0.5, 0.6) is 0 Å². The number of aryl methyl sites for hydroxylation is 3. The lowest BCUT2D eigenvalue weighted by Crippen LogP contribution is -2.13. The van der Waals surface area contributed by atoms with E-state index < -0.39 is 0 Å². The maximum absolute atomic E-state index is 13.6. The molecule has 1 aromatic carbocycles. The Morgan fingerprint density at radius 2 is 2.00 bits per heavy atom. The lowest BCUT2D eigenvalue weighted by atomic mass is 10.1. The first-order valence-corrected chi connectivity index (χ1v) is 8.06. The van der Waals surface area contributed by atoms with Gasteiger partial charge in [0.2, 0.25) is 5.91 Å². The summed E-state index contributed by atoms with van der Waals surface area (Å²) in [5.41, 5.74) is 3.05. The minimum absolute atomic E-state index is 0.177. The molecular formula is C19H19FN4O. The van der Waals surface area contributed by atoms with Gasteiger partial charge in [-0.05, 0) is 50.1 Å². The number of carbonyl (C=O) groups excluding carboxylic acids is 1. The van der Waals surface area contributed by atoms with Crippen LogP contribution in [-0.4, -0.2) is 20.7 Å². The smallest absolute Gasteiger partial charge is 0.224 e. The van der Waals surface area contributed by atoms with Gasteiger partial charge in [0, 0.05) is 12.1 Å². The first-order chi connectivity index (χ1) is 12.0. The van der Waals surface area contributed by atoms with E-state index in [1.807, 2.05) is 19.9 Å². The average Bonchev–Trinajstić information content (AvgIpc) is 2.93. The first-order valence-electron chi connectivity index (χ1n) is 8.06. The van der Waals surface area contributed by atoms with Gasteiger partial charge in [0.25, 0.3) is 0 Å². The van der Waals surface area contributed by atoms with E-state index in [1.54, 1.807) is 41.2 Å². The topological polar surface area (TPSA) is 59.8 Å². The molecule has 0 fully saturated rings. The van der Waals surface area contributed by atoms with Crippen LogP contribution in [0.2, 0.25) is 0 Å². The third-order valence-electron chi connectivity index (χ3n) is 3.84. The molecule has 3 aromatic rings. The van der Waals surface area contributed by atoms with Crippen molar-refractivity contribution in [2.24, 2.45) is 0 Å². The van der Waals surface area contributed by atoms with Gasteiger partial charge >= 0.3 is 0 Å². The maximum atomic E-state index is 13.6. The molecule has 5 nitrogen and oxygen atoms in total. The molecular weight excluding hydrogens is 319 g/mol. The number of halogens is 1. The molecule has 0 aliphatic carbocycles. The summed E-state index contributed by atoms with van der Waals surface area (Å²) in [6, 6.07) is 12.0. The number of hydrogen-bond donors (Lipinski definition) is 1. The molecule has 2 heterocycles. The highest BCUT2D eigenvalue weighted by Crippen LogP contribution is 2.14. The summed E-state index contributed by atoms with van der Waals surface area (Å²) in [4.78, 5) is 16.4. The molecule has 0 bridgehead atoms. The van der Waals surface area contributed by atoms with Crippen LogP contribution in [0.3, 0.4) is 0 Å². The molecule has 0 saturated carbocycles. The van der Waals surface area contributed by atoms with Gasteiger partial charge in [-0.1, -0.05) is 18.2 Å². The Hall–Kier alpha value is -3.02. The Labute approximate surface area is 145 Å². The Bertz CT molecular complexity index is 887. The number of amides is 1. The van der Waals surface area contributed by atoms with Crippen LogP contribution in [0, 0.1) is 19.7 Å². The van der Waals surface area contributed by atoms with E-state index in [1.165, 1.54) is 6.07 Å². The lowest BCUT2D eigenvalue weighted by molar-refractivity contribution is -0.116. The highest BCUT2D eigenvalue weighted by atomic mass is 19.1. The Kier molecular flexibility index (Phi) is 4.88. The van der Waals surface area contributed by atoms with Gasteiger partial charge in [-0.2, -0.15) is 5.10 Å². The molecule has 0 unspecified atom stereocenters. The molecule has 1 amide bonds. The number of rotatable bonds is 5. The van der Waals surface area contributed by atoms with E-state index in [2.05, 4.69) is 15.4 Å². The minimum Gasteiger partial charge on any atom is -0.325 e. The van der Waals surface area contributed by atoms with Gasteiger partial charge in [0.1, 0.15) is 5.82 Å². The van der Waals surface area contributed by atoms with Gasteiger partial charge < -0.3 is 5.32 Å². The minimum atomic E-state index is -0.286. The Morgan fingerprint density at radius 1 is 1.20 bits per heavy atom. The molecule has 128 valence electrons. The number of anilines is 1. The van der Waals surface area contributed by atoms with E-state index >= 15 is 0 Å². The second kappa shape index (κ2) is 7.25. The van der Waals surface area contributed by atoms with E-state index in [9.17, 15) is 9.18 Å². The van der Waals surface area contributed by atoms with Crippen LogP contribution in [0.1, 0.15) is 23.4 Å². The number of carbonyl (C=O) groups is 1. The normalized spacial score (nSPS) is 10.7. The number of hydrogen-bond acceptors (Lipinski definition) is 3. The summed E-state index contributed by atoms with van der Waals surface area (Å²) < 4.78 is 15.3. The Balaban J connectivity index is 1.60. The van der Waals surface area contributed by atoms with Crippen molar-refractivity contribution in [1.29, 1.82) is 0 Å². The largest absolute Gasteiger partial charge is 0.325 e. The number of pyridine rings is 1. The van der Waals surface area contributed by atoms with Gasteiger partial charge in [-0.15, -0.1) is 0 Å². The summed E-state index contributed by atoms with van der Waals surface area (Å²) >= 11 is 0. The fourth-order valence-corrected chi connectivity index (χ4v) is 2.62. The van der Waals surface area contributed by atoms with Crippen molar-refractivity contribution >= 4 is 11.6 Å². The van der Waals surface area contributed by atoms with Crippen molar-refractivity contribution < 1.29 is 9.18 Å². The molecule has 0 aliphatic rings. The second-order valence-corrected chi connectivity index (χ2v) is 5.88. The molecule has 0 saturated heterocycles. The quantitative estimate of drug-likeness (QED) is 0.773. The van der Waals surface area contributed by atoms with E-state index in [0.29, 0.717) is 23.5 Å². The van der Waals surface area contributed by atoms with E-state index in [0.717, 1.165) is 11.4 Å². The van der Waals surface area contributed by atoms with E-state index in [-0.39, 0.29) is 18.1 Å². The van der Waals surface area contributed by atoms with Crippen LogP contribution < -0.4 is 5.32 Å². The summed E-state index contributed by atoms with van der Waals surface area (Å²) in [6.07, 6.45) is 2.16. The van der Waals surface area contributed by atoms with Crippen LogP contribution in [-0.2, 0) is 11.2 Å². The number of nitrogens with one attached hydrogen (secondary N) is 1. The lowest BCUT2D eigenvalue weighted by Gasteiger charge is -2.07. The van der Waals surface area contributed by atoms with Crippen molar-refractivity contribution in [3.8, 4) is 5.82 Å². The molecule has 6 heteroatoms. The standard InChI is InChI=1S/C19H19FN4O/c1-13-11-14(2)24(23-13)18-9-8-16(12-21-18)22-19(25)10-7-15-5-3-4-6-17(15)20/h3-6,8-9,11-12H,7,10H2,1-2H3,(H,22,25). The van der Waals surface area contributed by atoms with Crippen LogP contribution >= 0.6 is 0 Å².